The van der Waals surface area contributed by atoms with Crippen LogP contribution in [0.3, 0.4) is 0 Å². The SMILES string of the molecule is O=[N+]([O-])c1ccc(OCC#Cn2ccnc2)cc1. The van der Waals surface area contributed by atoms with E-state index in [4.69, 9.17) is 4.74 Å². The Morgan fingerprint density at radius 2 is 2.17 bits per heavy atom. The third-order valence-corrected chi connectivity index (χ3v) is 2.07. The molecule has 0 N–H and O–H groups in total. The van der Waals surface area contributed by atoms with Crippen molar-refractivity contribution in [3.8, 4) is 17.7 Å². The largest absolute Gasteiger partial charge is 0.481 e. The van der Waals surface area contributed by atoms with Crippen LogP contribution in [0.4, 0.5) is 5.69 Å². The summed E-state index contributed by atoms with van der Waals surface area (Å²) in [5.41, 5.74) is 0.0341. The maximum Gasteiger partial charge on any atom is 0.269 e. The van der Waals surface area contributed by atoms with Crippen LogP contribution >= 0.6 is 0 Å². The molecule has 0 radical (unpaired) electrons. The highest BCUT2D eigenvalue weighted by molar-refractivity contribution is 5.36. The van der Waals surface area contributed by atoms with Crippen molar-refractivity contribution in [1.82, 2.24) is 9.55 Å². The Labute approximate surface area is 103 Å². The fourth-order valence-electron chi connectivity index (χ4n) is 1.23. The van der Waals surface area contributed by atoms with E-state index in [-0.39, 0.29) is 12.3 Å². The summed E-state index contributed by atoms with van der Waals surface area (Å²) in [6.45, 7) is 0.204. The number of imidazole rings is 1. The second kappa shape index (κ2) is 5.50. The van der Waals surface area contributed by atoms with Gasteiger partial charge in [-0.05, 0) is 18.1 Å². The van der Waals surface area contributed by atoms with E-state index >= 15 is 0 Å². The van der Waals surface area contributed by atoms with E-state index in [1.807, 2.05) is 0 Å². The zero-order chi connectivity index (χ0) is 12.8. The molecule has 0 aliphatic carbocycles. The van der Waals surface area contributed by atoms with Crippen molar-refractivity contribution in [3.05, 3.63) is 53.1 Å². The number of nitrogens with zero attached hydrogens (tertiary/aromatic N) is 3. The lowest BCUT2D eigenvalue weighted by molar-refractivity contribution is -0.384. The van der Waals surface area contributed by atoms with Gasteiger partial charge in [0, 0.05) is 30.6 Å². The Morgan fingerprint density at radius 1 is 1.39 bits per heavy atom. The average molecular weight is 243 g/mol. The molecular weight excluding hydrogens is 234 g/mol. The van der Waals surface area contributed by atoms with Crippen molar-refractivity contribution in [3.63, 3.8) is 0 Å². The lowest BCUT2D eigenvalue weighted by Gasteiger charge is -2.00. The third-order valence-electron chi connectivity index (χ3n) is 2.07. The Hall–Kier alpha value is -2.81. The highest BCUT2D eigenvalue weighted by Gasteiger charge is 2.03. The van der Waals surface area contributed by atoms with Crippen LogP contribution in [0.15, 0.2) is 43.0 Å². The summed E-state index contributed by atoms with van der Waals surface area (Å²) in [5.74, 6) is 3.33. The monoisotopic (exact) mass is 243 g/mol. The summed E-state index contributed by atoms with van der Waals surface area (Å²) in [6, 6.07) is 8.65. The van der Waals surface area contributed by atoms with Gasteiger partial charge in [-0.15, -0.1) is 0 Å². The van der Waals surface area contributed by atoms with Gasteiger partial charge in [0.1, 0.15) is 12.1 Å². The first-order valence-corrected chi connectivity index (χ1v) is 5.10. The molecule has 18 heavy (non-hydrogen) atoms. The Balaban J connectivity index is 1.89. The molecule has 0 fully saturated rings. The Bertz CT molecular complexity index is 579. The maximum atomic E-state index is 10.4. The third kappa shape index (κ3) is 3.09. The van der Waals surface area contributed by atoms with Crippen molar-refractivity contribution in [2.45, 2.75) is 0 Å². The van der Waals surface area contributed by atoms with E-state index in [1.165, 1.54) is 24.3 Å². The molecule has 0 unspecified atom stereocenters. The number of non-ortho nitro benzene ring substituents is 1. The molecule has 0 amide bonds. The lowest BCUT2D eigenvalue weighted by Crippen LogP contribution is -1.95. The quantitative estimate of drug-likeness (QED) is 0.467. The fourth-order valence-corrected chi connectivity index (χ4v) is 1.23. The van der Waals surface area contributed by atoms with Gasteiger partial charge in [-0.1, -0.05) is 0 Å². The van der Waals surface area contributed by atoms with Crippen molar-refractivity contribution >= 4 is 5.69 Å². The van der Waals surface area contributed by atoms with Crippen LogP contribution in [0.2, 0.25) is 0 Å². The van der Waals surface area contributed by atoms with Crippen molar-refractivity contribution in [1.29, 1.82) is 0 Å². The van der Waals surface area contributed by atoms with Gasteiger partial charge in [-0.2, -0.15) is 0 Å². The number of hydrogen-bond acceptors (Lipinski definition) is 4. The van der Waals surface area contributed by atoms with E-state index in [0.717, 1.165) is 0 Å². The molecule has 2 aromatic rings. The second-order valence-electron chi connectivity index (χ2n) is 3.30. The highest BCUT2D eigenvalue weighted by atomic mass is 16.6. The molecule has 90 valence electrons. The molecule has 0 aliphatic rings. The van der Waals surface area contributed by atoms with Crippen LogP contribution < -0.4 is 4.74 Å². The topological polar surface area (TPSA) is 70.2 Å². The maximum absolute atomic E-state index is 10.4. The van der Waals surface area contributed by atoms with E-state index in [9.17, 15) is 10.1 Å². The van der Waals surface area contributed by atoms with Gasteiger partial charge in [-0.3, -0.25) is 14.7 Å². The van der Waals surface area contributed by atoms with Gasteiger partial charge >= 0.3 is 0 Å². The molecule has 0 bridgehead atoms. The number of nitro benzene ring substituents is 1. The molecule has 1 aromatic carbocycles. The predicted molar refractivity (Wildman–Crippen MR) is 64.0 cm³/mol. The van der Waals surface area contributed by atoms with Gasteiger partial charge in [0.15, 0.2) is 6.61 Å². The van der Waals surface area contributed by atoms with Gasteiger partial charge in [0.05, 0.1) is 4.92 Å². The zero-order valence-corrected chi connectivity index (χ0v) is 9.31. The van der Waals surface area contributed by atoms with Gasteiger partial charge in [0.25, 0.3) is 5.69 Å². The summed E-state index contributed by atoms with van der Waals surface area (Å²) < 4.78 is 6.92. The normalized spacial score (nSPS) is 9.33. The van der Waals surface area contributed by atoms with Crippen LogP contribution in [-0.4, -0.2) is 21.1 Å². The average Bonchev–Trinajstić information content (AvgIpc) is 2.88. The number of nitro groups is 1. The van der Waals surface area contributed by atoms with Crippen molar-refractivity contribution < 1.29 is 9.66 Å². The van der Waals surface area contributed by atoms with Crippen LogP contribution in [0.5, 0.6) is 5.75 Å². The summed E-state index contributed by atoms with van der Waals surface area (Å²) in [5, 5.41) is 10.4. The fraction of sp³-hybridized carbons (Fsp3) is 0.0833. The van der Waals surface area contributed by atoms with E-state index in [0.29, 0.717) is 5.75 Å². The van der Waals surface area contributed by atoms with Gasteiger partial charge < -0.3 is 4.74 Å². The minimum Gasteiger partial charge on any atom is -0.481 e. The molecule has 6 heteroatoms. The van der Waals surface area contributed by atoms with Crippen LogP contribution in [0.25, 0.3) is 0 Å². The first-order valence-electron chi connectivity index (χ1n) is 5.10. The molecule has 0 saturated heterocycles. The molecule has 1 aromatic heterocycles. The minimum absolute atomic E-state index is 0.0341. The van der Waals surface area contributed by atoms with E-state index < -0.39 is 4.92 Å². The number of benzene rings is 1. The van der Waals surface area contributed by atoms with E-state index in [1.54, 1.807) is 23.3 Å². The standard InChI is InChI=1S/C12H9N3O3/c16-15(17)11-2-4-12(5-3-11)18-9-1-7-14-8-6-13-10-14/h2-6,8,10H,9H2. The summed E-state index contributed by atoms with van der Waals surface area (Å²) in [6.07, 6.45) is 4.93. The van der Waals surface area contributed by atoms with Crippen LogP contribution in [0, 0.1) is 22.1 Å². The number of aromatic nitrogens is 2. The number of ether oxygens (including phenoxy) is 1. The summed E-state index contributed by atoms with van der Waals surface area (Å²) in [4.78, 5) is 13.8. The molecule has 6 nitrogen and oxygen atoms in total. The number of hydrogen-bond donors (Lipinski definition) is 0. The molecule has 0 spiro atoms. The van der Waals surface area contributed by atoms with E-state index in [2.05, 4.69) is 16.9 Å². The highest BCUT2D eigenvalue weighted by Crippen LogP contribution is 2.16. The summed E-state index contributed by atoms with van der Waals surface area (Å²) >= 11 is 0. The zero-order valence-electron chi connectivity index (χ0n) is 9.31. The first kappa shape index (κ1) is 11.7. The van der Waals surface area contributed by atoms with Crippen LogP contribution in [0.1, 0.15) is 0 Å². The molecular formula is C12H9N3O3. The molecule has 0 atom stereocenters. The molecule has 0 saturated carbocycles. The van der Waals surface area contributed by atoms with Crippen LogP contribution in [-0.2, 0) is 0 Å². The Morgan fingerprint density at radius 3 is 2.78 bits per heavy atom. The lowest BCUT2D eigenvalue weighted by atomic mass is 10.3. The molecule has 1 heterocycles. The van der Waals surface area contributed by atoms with Gasteiger partial charge in [-0.25, -0.2) is 4.98 Å². The van der Waals surface area contributed by atoms with Crippen molar-refractivity contribution in [2.75, 3.05) is 6.61 Å². The van der Waals surface area contributed by atoms with Crippen molar-refractivity contribution in [2.24, 2.45) is 0 Å². The number of rotatable bonds is 3. The Kier molecular flexibility index (Phi) is 3.56. The first-order chi connectivity index (χ1) is 8.75. The summed E-state index contributed by atoms with van der Waals surface area (Å²) in [7, 11) is 0. The smallest absolute Gasteiger partial charge is 0.269 e. The molecule has 0 aliphatic heterocycles. The molecule has 2 rings (SSSR count). The van der Waals surface area contributed by atoms with Gasteiger partial charge in [0.2, 0.25) is 0 Å². The second-order valence-corrected chi connectivity index (χ2v) is 3.30. The predicted octanol–water partition coefficient (Wildman–Crippen LogP) is 1.68. The minimum atomic E-state index is -0.456.